The minimum Gasteiger partial charge on any atom is -0.489 e. The van der Waals surface area contributed by atoms with Gasteiger partial charge in [-0.25, -0.2) is 0 Å². The molecule has 2 aliphatic rings. The molecule has 1 saturated carbocycles. The van der Waals surface area contributed by atoms with Gasteiger partial charge < -0.3 is 9.53 Å². The van der Waals surface area contributed by atoms with Gasteiger partial charge in [0.25, 0.3) is 0 Å². The van der Waals surface area contributed by atoms with E-state index in [-0.39, 0.29) is 0 Å². The number of para-hydroxylation sites is 1. The van der Waals surface area contributed by atoms with Crippen LogP contribution in [0.15, 0.2) is 30.4 Å². The number of carbonyl (C=O) groups excluding carboxylic acids is 1. The standard InChI is InChI=1S/C24H30O2/c1-3-4-9-18(2)10-7-12-19-15-16-22-23(19)21-14-8-13-20(24(21)26-22)11-5-6-17-25/h7-8,12-14,17-19,22-23H,5-6,9-11,15-16H2,1-2H3/b12-7+/t18?,19-,22-,23-/m0/s1. The van der Waals surface area contributed by atoms with E-state index in [0.29, 0.717) is 30.3 Å². The fourth-order valence-corrected chi connectivity index (χ4v) is 4.35. The summed E-state index contributed by atoms with van der Waals surface area (Å²) in [6, 6.07) is 6.56. The summed E-state index contributed by atoms with van der Waals surface area (Å²) < 4.78 is 6.36. The van der Waals surface area contributed by atoms with Crippen LogP contribution >= 0.6 is 0 Å². The van der Waals surface area contributed by atoms with Crippen LogP contribution in [0.25, 0.3) is 0 Å². The van der Waals surface area contributed by atoms with Gasteiger partial charge in [-0.1, -0.05) is 37.3 Å². The van der Waals surface area contributed by atoms with Gasteiger partial charge in [-0.15, -0.1) is 11.8 Å². The predicted octanol–water partition coefficient (Wildman–Crippen LogP) is 5.46. The average molecular weight is 351 g/mol. The number of carbonyl (C=O) groups is 1. The summed E-state index contributed by atoms with van der Waals surface area (Å²) in [6.07, 6.45) is 13.0. The van der Waals surface area contributed by atoms with E-state index < -0.39 is 0 Å². The van der Waals surface area contributed by atoms with Crippen molar-refractivity contribution in [1.29, 1.82) is 0 Å². The minimum atomic E-state index is 0.329. The molecule has 3 rings (SSSR count). The molecule has 2 nitrogen and oxygen atoms in total. The third-order valence-corrected chi connectivity index (χ3v) is 5.72. The van der Waals surface area contributed by atoms with Crippen LogP contribution < -0.4 is 4.74 Å². The molecule has 1 aliphatic carbocycles. The average Bonchev–Trinajstić information content (AvgIpc) is 3.20. The van der Waals surface area contributed by atoms with E-state index in [2.05, 4.69) is 49.1 Å². The highest BCUT2D eigenvalue weighted by Gasteiger charge is 2.44. The molecule has 138 valence electrons. The van der Waals surface area contributed by atoms with E-state index >= 15 is 0 Å². The van der Waals surface area contributed by atoms with Gasteiger partial charge in [0.15, 0.2) is 0 Å². The van der Waals surface area contributed by atoms with Crippen LogP contribution in [-0.2, 0) is 11.2 Å². The number of hydrogen-bond donors (Lipinski definition) is 0. The van der Waals surface area contributed by atoms with Crippen molar-refractivity contribution in [2.45, 2.75) is 70.8 Å². The van der Waals surface area contributed by atoms with Crippen molar-refractivity contribution in [1.82, 2.24) is 0 Å². The molecule has 0 radical (unpaired) electrons. The minimum absolute atomic E-state index is 0.329. The summed E-state index contributed by atoms with van der Waals surface area (Å²) in [5.41, 5.74) is 2.66. The van der Waals surface area contributed by atoms with Gasteiger partial charge in [0.2, 0.25) is 0 Å². The zero-order valence-corrected chi connectivity index (χ0v) is 16.0. The van der Waals surface area contributed by atoms with Crippen molar-refractivity contribution in [3.05, 3.63) is 41.5 Å². The summed E-state index contributed by atoms with van der Waals surface area (Å²) in [4.78, 5) is 10.6. The molecule has 4 atom stereocenters. The molecule has 1 aromatic rings. The van der Waals surface area contributed by atoms with Crippen molar-refractivity contribution in [3.63, 3.8) is 0 Å². The molecule has 0 amide bonds. The summed E-state index contributed by atoms with van der Waals surface area (Å²) in [5, 5.41) is 0. The number of benzene rings is 1. The lowest BCUT2D eigenvalue weighted by Gasteiger charge is -2.14. The molecule has 0 aromatic heterocycles. The zero-order valence-electron chi connectivity index (χ0n) is 16.0. The number of fused-ring (bicyclic) bond motifs is 3. The number of allylic oxidation sites excluding steroid dienone is 2. The molecule has 1 aromatic carbocycles. The predicted molar refractivity (Wildman–Crippen MR) is 106 cm³/mol. The van der Waals surface area contributed by atoms with Gasteiger partial charge in [0.05, 0.1) is 0 Å². The van der Waals surface area contributed by atoms with Crippen LogP contribution in [0.5, 0.6) is 5.75 Å². The highest BCUT2D eigenvalue weighted by Crippen LogP contribution is 2.51. The number of aryl methyl sites for hydroxylation is 1. The lowest BCUT2D eigenvalue weighted by Crippen LogP contribution is -2.14. The van der Waals surface area contributed by atoms with E-state index in [4.69, 9.17) is 4.74 Å². The van der Waals surface area contributed by atoms with E-state index in [0.717, 1.165) is 44.1 Å². The van der Waals surface area contributed by atoms with Crippen molar-refractivity contribution < 1.29 is 9.53 Å². The van der Waals surface area contributed by atoms with Crippen molar-refractivity contribution >= 4 is 6.29 Å². The summed E-state index contributed by atoms with van der Waals surface area (Å²) >= 11 is 0. The quantitative estimate of drug-likeness (QED) is 0.269. The SMILES string of the molecule is CC#CCC(C)C/C=C/[C@H]1CC[C@@H]2Oc3c(CCCC=O)cccc3[C@@H]21. The summed E-state index contributed by atoms with van der Waals surface area (Å²) in [6.45, 7) is 4.18. The molecule has 0 spiro atoms. The van der Waals surface area contributed by atoms with Crippen LogP contribution in [0.4, 0.5) is 0 Å². The van der Waals surface area contributed by atoms with Crippen molar-refractivity contribution in [2.24, 2.45) is 11.8 Å². The number of hydrogen-bond acceptors (Lipinski definition) is 2. The first-order chi connectivity index (χ1) is 12.7. The second-order valence-corrected chi connectivity index (χ2v) is 7.72. The number of aldehydes is 1. The zero-order chi connectivity index (χ0) is 18.4. The molecule has 0 saturated heterocycles. The van der Waals surface area contributed by atoms with E-state index in [1.54, 1.807) is 0 Å². The van der Waals surface area contributed by atoms with E-state index in [1.165, 1.54) is 17.5 Å². The van der Waals surface area contributed by atoms with Gasteiger partial charge in [0, 0.05) is 24.3 Å². The highest BCUT2D eigenvalue weighted by molar-refractivity contribution is 5.51. The first-order valence-corrected chi connectivity index (χ1v) is 10.0. The third kappa shape index (κ3) is 4.21. The highest BCUT2D eigenvalue weighted by atomic mass is 16.5. The van der Waals surface area contributed by atoms with Gasteiger partial charge >= 0.3 is 0 Å². The third-order valence-electron chi connectivity index (χ3n) is 5.72. The van der Waals surface area contributed by atoms with Gasteiger partial charge in [-0.05, 0) is 56.4 Å². The molecule has 1 fully saturated rings. The fourth-order valence-electron chi connectivity index (χ4n) is 4.35. The first kappa shape index (κ1) is 18.8. The maximum absolute atomic E-state index is 10.6. The topological polar surface area (TPSA) is 26.3 Å². The van der Waals surface area contributed by atoms with Crippen LogP contribution in [0.1, 0.15) is 69.4 Å². The Morgan fingerprint density at radius 2 is 2.23 bits per heavy atom. The van der Waals surface area contributed by atoms with E-state index in [9.17, 15) is 4.79 Å². The number of unbranched alkanes of at least 4 members (excludes halogenated alkanes) is 1. The van der Waals surface area contributed by atoms with Gasteiger partial charge in [-0.3, -0.25) is 0 Å². The van der Waals surface area contributed by atoms with Crippen LogP contribution in [0.3, 0.4) is 0 Å². The summed E-state index contributed by atoms with van der Waals surface area (Å²) in [7, 11) is 0. The molecule has 1 heterocycles. The van der Waals surface area contributed by atoms with Crippen molar-refractivity contribution in [3.8, 4) is 17.6 Å². The lowest BCUT2D eigenvalue weighted by molar-refractivity contribution is -0.107. The molecule has 2 heteroatoms. The molecular formula is C24H30O2. The Morgan fingerprint density at radius 3 is 3.04 bits per heavy atom. The van der Waals surface area contributed by atoms with Crippen molar-refractivity contribution in [2.75, 3.05) is 0 Å². The maximum atomic E-state index is 10.6. The Morgan fingerprint density at radius 1 is 1.35 bits per heavy atom. The molecule has 26 heavy (non-hydrogen) atoms. The van der Waals surface area contributed by atoms with Gasteiger partial charge in [0.1, 0.15) is 18.1 Å². The number of rotatable bonds is 8. The maximum Gasteiger partial charge on any atom is 0.126 e. The number of ether oxygens (including phenoxy) is 1. The normalized spacial score (nSPS) is 24.5. The fraction of sp³-hybridized carbons (Fsp3) is 0.542. The Hall–Kier alpha value is -2.01. The first-order valence-electron chi connectivity index (χ1n) is 10.0. The monoisotopic (exact) mass is 350 g/mol. The largest absolute Gasteiger partial charge is 0.489 e. The molecule has 0 bridgehead atoms. The second kappa shape index (κ2) is 9.08. The Bertz CT molecular complexity index is 707. The van der Waals surface area contributed by atoms with E-state index in [1.807, 2.05) is 6.92 Å². The van der Waals surface area contributed by atoms with Crippen LogP contribution in [0, 0.1) is 23.7 Å². The Balaban J connectivity index is 1.67. The molecule has 1 aliphatic heterocycles. The lowest BCUT2D eigenvalue weighted by atomic mass is 9.87. The Labute approximate surface area is 158 Å². The second-order valence-electron chi connectivity index (χ2n) is 7.72. The molecular weight excluding hydrogens is 320 g/mol. The van der Waals surface area contributed by atoms with Crippen LogP contribution in [-0.4, -0.2) is 12.4 Å². The molecule has 0 N–H and O–H groups in total. The Kier molecular flexibility index (Phi) is 6.56. The summed E-state index contributed by atoms with van der Waals surface area (Å²) in [5.74, 6) is 8.97. The van der Waals surface area contributed by atoms with Crippen LogP contribution in [0.2, 0.25) is 0 Å². The molecule has 1 unspecified atom stereocenters. The van der Waals surface area contributed by atoms with Gasteiger partial charge in [-0.2, -0.15) is 0 Å². The smallest absolute Gasteiger partial charge is 0.126 e.